The average molecular weight is 313 g/mol. The third-order valence-electron chi connectivity index (χ3n) is 3.14. The second-order valence-electron chi connectivity index (χ2n) is 5.75. The number of ether oxygens (including phenoxy) is 1. The maximum atomic E-state index is 12.3. The van der Waals surface area contributed by atoms with Crippen LogP contribution in [0.2, 0.25) is 0 Å². The van der Waals surface area contributed by atoms with Gasteiger partial charge in [-0.05, 0) is 36.6 Å². The number of hydrogen-bond donors (Lipinski definition) is 1. The van der Waals surface area contributed by atoms with Gasteiger partial charge in [-0.1, -0.05) is 32.9 Å². The zero-order valence-electron chi connectivity index (χ0n) is 13.4. The molecular formula is C16H27NO3S. The quantitative estimate of drug-likeness (QED) is 0.761. The molecule has 0 aliphatic heterocycles. The fourth-order valence-electron chi connectivity index (χ4n) is 2.28. The Hall–Kier alpha value is -1.07. The van der Waals surface area contributed by atoms with Gasteiger partial charge in [0.2, 0.25) is 0 Å². The largest absolute Gasteiger partial charge is 0.497 e. The zero-order chi connectivity index (χ0) is 15.9. The number of benzene rings is 1. The van der Waals surface area contributed by atoms with E-state index < -0.39 is 9.84 Å². The Morgan fingerprint density at radius 3 is 2.52 bits per heavy atom. The van der Waals surface area contributed by atoms with E-state index in [0.29, 0.717) is 0 Å². The molecule has 0 aromatic heterocycles. The minimum atomic E-state index is -3.08. The van der Waals surface area contributed by atoms with Gasteiger partial charge in [0.15, 0.2) is 9.84 Å². The van der Waals surface area contributed by atoms with E-state index in [0.717, 1.165) is 24.3 Å². The van der Waals surface area contributed by atoms with Gasteiger partial charge in [-0.2, -0.15) is 0 Å². The van der Waals surface area contributed by atoms with E-state index in [1.165, 1.54) is 0 Å². The third-order valence-corrected chi connectivity index (χ3v) is 5.16. The van der Waals surface area contributed by atoms with Crippen LogP contribution in [0.1, 0.15) is 38.8 Å². The van der Waals surface area contributed by atoms with Crippen LogP contribution in [0.3, 0.4) is 0 Å². The first-order chi connectivity index (χ1) is 9.88. The van der Waals surface area contributed by atoms with Crippen molar-refractivity contribution in [1.82, 2.24) is 5.32 Å². The zero-order valence-corrected chi connectivity index (χ0v) is 14.2. The molecule has 21 heavy (non-hydrogen) atoms. The molecule has 1 rings (SSSR count). The molecule has 0 amide bonds. The van der Waals surface area contributed by atoms with Crippen molar-refractivity contribution in [2.24, 2.45) is 5.92 Å². The summed E-state index contributed by atoms with van der Waals surface area (Å²) in [4.78, 5) is 0. The number of nitrogens with one attached hydrogen (secondary N) is 1. The van der Waals surface area contributed by atoms with Crippen molar-refractivity contribution < 1.29 is 13.2 Å². The first-order valence-electron chi connectivity index (χ1n) is 7.45. The van der Waals surface area contributed by atoms with E-state index in [9.17, 15) is 8.42 Å². The standard InChI is InChI=1S/C16H27NO3S/c1-5-9-17-16(12-21(18,19)11-13(2)3)14-7-6-8-15(10-14)20-4/h6-8,10,13,16-17H,5,9,11-12H2,1-4H3. The Kier molecular flexibility index (Phi) is 7.18. The molecular weight excluding hydrogens is 286 g/mol. The Labute approximate surface area is 128 Å². The van der Waals surface area contributed by atoms with Gasteiger partial charge < -0.3 is 10.1 Å². The lowest BCUT2D eigenvalue weighted by atomic mass is 10.1. The lowest BCUT2D eigenvalue weighted by Crippen LogP contribution is -2.30. The number of hydrogen-bond acceptors (Lipinski definition) is 4. The van der Waals surface area contributed by atoms with Crippen molar-refractivity contribution in [3.63, 3.8) is 0 Å². The van der Waals surface area contributed by atoms with Crippen LogP contribution in [0.15, 0.2) is 24.3 Å². The van der Waals surface area contributed by atoms with E-state index in [1.807, 2.05) is 38.1 Å². The van der Waals surface area contributed by atoms with E-state index in [2.05, 4.69) is 12.2 Å². The minimum Gasteiger partial charge on any atom is -0.497 e. The van der Waals surface area contributed by atoms with Crippen LogP contribution in [0, 0.1) is 5.92 Å². The highest BCUT2D eigenvalue weighted by Gasteiger charge is 2.21. The molecule has 0 aliphatic carbocycles. The third kappa shape index (κ3) is 6.48. The first kappa shape index (κ1) is 18.0. The van der Waals surface area contributed by atoms with E-state index in [4.69, 9.17) is 4.74 Å². The smallest absolute Gasteiger partial charge is 0.152 e. The van der Waals surface area contributed by atoms with Crippen molar-refractivity contribution in [2.75, 3.05) is 25.2 Å². The maximum Gasteiger partial charge on any atom is 0.152 e. The molecule has 1 unspecified atom stereocenters. The van der Waals surface area contributed by atoms with Gasteiger partial charge in [-0.25, -0.2) is 8.42 Å². The van der Waals surface area contributed by atoms with Crippen LogP contribution < -0.4 is 10.1 Å². The summed E-state index contributed by atoms with van der Waals surface area (Å²) in [5, 5.41) is 3.33. The molecule has 1 aromatic carbocycles. The highest BCUT2D eigenvalue weighted by Crippen LogP contribution is 2.21. The lowest BCUT2D eigenvalue weighted by molar-refractivity contribution is 0.413. The van der Waals surface area contributed by atoms with Crippen molar-refractivity contribution in [3.8, 4) is 5.75 Å². The van der Waals surface area contributed by atoms with Gasteiger partial charge in [-0.3, -0.25) is 0 Å². The fraction of sp³-hybridized carbons (Fsp3) is 0.625. The van der Waals surface area contributed by atoms with Crippen molar-refractivity contribution in [3.05, 3.63) is 29.8 Å². The predicted molar refractivity (Wildman–Crippen MR) is 87.5 cm³/mol. The van der Waals surface area contributed by atoms with Gasteiger partial charge in [0, 0.05) is 6.04 Å². The van der Waals surface area contributed by atoms with E-state index >= 15 is 0 Å². The topological polar surface area (TPSA) is 55.4 Å². The summed E-state index contributed by atoms with van der Waals surface area (Å²) in [6.07, 6.45) is 0.963. The van der Waals surface area contributed by atoms with Gasteiger partial charge in [0.25, 0.3) is 0 Å². The van der Waals surface area contributed by atoms with Crippen LogP contribution in [-0.4, -0.2) is 33.6 Å². The van der Waals surface area contributed by atoms with Crippen LogP contribution in [0.5, 0.6) is 5.75 Å². The molecule has 0 fully saturated rings. The van der Waals surface area contributed by atoms with Crippen LogP contribution in [0.4, 0.5) is 0 Å². The number of rotatable bonds is 9. The highest BCUT2D eigenvalue weighted by molar-refractivity contribution is 7.91. The molecule has 1 N–H and O–H groups in total. The van der Waals surface area contributed by atoms with Crippen LogP contribution >= 0.6 is 0 Å². The normalized spacial score (nSPS) is 13.4. The fourth-order valence-corrected chi connectivity index (χ4v) is 4.25. The second-order valence-corrected chi connectivity index (χ2v) is 7.91. The van der Waals surface area contributed by atoms with Crippen molar-refractivity contribution >= 4 is 9.84 Å². The van der Waals surface area contributed by atoms with E-state index in [-0.39, 0.29) is 23.5 Å². The van der Waals surface area contributed by atoms with Gasteiger partial charge in [-0.15, -0.1) is 0 Å². The molecule has 0 saturated carbocycles. The SMILES string of the molecule is CCCNC(CS(=O)(=O)CC(C)C)c1cccc(OC)c1. The molecule has 0 aliphatic rings. The Morgan fingerprint density at radius 2 is 1.95 bits per heavy atom. The molecule has 120 valence electrons. The molecule has 0 bridgehead atoms. The predicted octanol–water partition coefficient (Wildman–Crippen LogP) is 2.81. The van der Waals surface area contributed by atoms with Gasteiger partial charge in [0.05, 0.1) is 18.6 Å². The Balaban J connectivity index is 2.94. The molecule has 1 aromatic rings. The molecule has 0 spiro atoms. The maximum absolute atomic E-state index is 12.3. The summed E-state index contributed by atoms with van der Waals surface area (Å²) in [7, 11) is -1.47. The second kappa shape index (κ2) is 8.39. The summed E-state index contributed by atoms with van der Waals surface area (Å²) >= 11 is 0. The molecule has 0 heterocycles. The van der Waals surface area contributed by atoms with Crippen LogP contribution in [-0.2, 0) is 9.84 Å². The molecule has 0 radical (unpaired) electrons. The summed E-state index contributed by atoms with van der Waals surface area (Å²) in [5.41, 5.74) is 0.954. The highest BCUT2D eigenvalue weighted by atomic mass is 32.2. The molecule has 1 atom stereocenters. The molecule has 4 nitrogen and oxygen atoms in total. The minimum absolute atomic E-state index is 0.123. The lowest BCUT2D eigenvalue weighted by Gasteiger charge is -2.20. The molecule has 5 heteroatoms. The summed E-state index contributed by atoms with van der Waals surface area (Å²) in [6, 6.07) is 7.41. The van der Waals surface area contributed by atoms with Gasteiger partial charge >= 0.3 is 0 Å². The number of sulfone groups is 1. The Bertz CT molecular complexity index is 526. The first-order valence-corrected chi connectivity index (χ1v) is 9.27. The number of methoxy groups -OCH3 is 1. The Morgan fingerprint density at radius 1 is 1.24 bits per heavy atom. The average Bonchev–Trinajstić information content (AvgIpc) is 2.42. The summed E-state index contributed by atoms with van der Waals surface area (Å²) in [6.45, 7) is 6.71. The van der Waals surface area contributed by atoms with Crippen molar-refractivity contribution in [1.29, 1.82) is 0 Å². The van der Waals surface area contributed by atoms with Crippen molar-refractivity contribution in [2.45, 2.75) is 33.2 Å². The monoisotopic (exact) mass is 313 g/mol. The van der Waals surface area contributed by atoms with Crippen LogP contribution in [0.25, 0.3) is 0 Å². The van der Waals surface area contributed by atoms with E-state index in [1.54, 1.807) is 7.11 Å². The summed E-state index contributed by atoms with van der Waals surface area (Å²) < 4.78 is 29.8. The molecule has 0 saturated heterocycles. The van der Waals surface area contributed by atoms with Gasteiger partial charge in [0.1, 0.15) is 5.75 Å². The summed E-state index contributed by atoms with van der Waals surface area (Å²) in [5.74, 6) is 1.24.